The number of hydrogen-bond acceptors (Lipinski definition) is 1. The average molecular weight is 269 g/mol. The fourth-order valence-corrected chi connectivity index (χ4v) is 3.46. The Labute approximate surface area is 109 Å². The molecule has 0 radical (unpaired) electrons. The van der Waals surface area contributed by atoms with Crippen LogP contribution >= 0.6 is 0 Å². The molecule has 1 aromatic rings. The second kappa shape index (κ2) is 3.99. The standard InChI is InChI=1S/C14H14F3NO/c1-8-11-6-18(13(19)14(15,16)17)7-12(8)10-5-3-2-4-9(10)11/h2-5,8,11-12H,6-7H2,1H3. The molecule has 2 aliphatic rings. The van der Waals surface area contributed by atoms with E-state index >= 15 is 0 Å². The Morgan fingerprint density at radius 1 is 1.16 bits per heavy atom. The van der Waals surface area contributed by atoms with E-state index in [1.54, 1.807) is 0 Å². The van der Waals surface area contributed by atoms with Crippen LogP contribution in [-0.4, -0.2) is 30.1 Å². The van der Waals surface area contributed by atoms with Crippen LogP contribution in [0.1, 0.15) is 29.9 Å². The average Bonchev–Trinajstić information content (AvgIpc) is 2.54. The number of benzene rings is 1. The van der Waals surface area contributed by atoms with Crippen LogP contribution in [0.25, 0.3) is 0 Å². The summed E-state index contributed by atoms with van der Waals surface area (Å²) in [5.41, 5.74) is 2.22. The third kappa shape index (κ3) is 1.83. The summed E-state index contributed by atoms with van der Waals surface area (Å²) in [6, 6.07) is 7.75. The molecular formula is C14H14F3NO. The Kier molecular flexibility index (Phi) is 2.62. The molecular weight excluding hydrogens is 255 g/mol. The van der Waals surface area contributed by atoms with Crippen LogP contribution in [0.2, 0.25) is 0 Å². The lowest BCUT2D eigenvalue weighted by molar-refractivity contribution is -0.187. The van der Waals surface area contributed by atoms with Gasteiger partial charge in [0.05, 0.1) is 0 Å². The zero-order valence-corrected chi connectivity index (χ0v) is 10.4. The molecule has 1 heterocycles. The molecule has 1 aliphatic heterocycles. The van der Waals surface area contributed by atoms with E-state index in [-0.39, 0.29) is 24.9 Å². The highest BCUT2D eigenvalue weighted by Gasteiger charge is 2.49. The van der Waals surface area contributed by atoms with Crippen LogP contribution < -0.4 is 0 Å². The summed E-state index contributed by atoms with van der Waals surface area (Å²) in [6.45, 7) is 2.41. The largest absolute Gasteiger partial charge is 0.471 e. The fourth-order valence-electron chi connectivity index (χ4n) is 3.46. The van der Waals surface area contributed by atoms with Crippen molar-refractivity contribution in [3.63, 3.8) is 0 Å². The lowest BCUT2D eigenvalue weighted by atomic mass is 9.84. The summed E-state index contributed by atoms with van der Waals surface area (Å²) in [7, 11) is 0. The van der Waals surface area contributed by atoms with E-state index in [0.717, 1.165) is 16.0 Å². The molecule has 2 bridgehead atoms. The number of nitrogens with zero attached hydrogens (tertiary/aromatic N) is 1. The molecule has 0 N–H and O–H groups in total. The van der Waals surface area contributed by atoms with Gasteiger partial charge in [0.1, 0.15) is 0 Å². The second-order valence-corrected chi connectivity index (χ2v) is 5.41. The maximum Gasteiger partial charge on any atom is 0.471 e. The molecule has 2 nitrogen and oxygen atoms in total. The smallest absolute Gasteiger partial charge is 0.334 e. The third-order valence-electron chi connectivity index (χ3n) is 4.43. The van der Waals surface area contributed by atoms with Crippen molar-refractivity contribution in [1.29, 1.82) is 0 Å². The van der Waals surface area contributed by atoms with Crippen molar-refractivity contribution in [2.24, 2.45) is 5.92 Å². The van der Waals surface area contributed by atoms with Gasteiger partial charge < -0.3 is 4.90 Å². The van der Waals surface area contributed by atoms with E-state index in [9.17, 15) is 18.0 Å². The van der Waals surface area contributed by atoms with E-state index in [2.05, 4.69) is 6.92 Å². The van der Waals surface area contributed by atoms with Crippen LogP contribution in [-0.2, 0) is 4.79 Å². The summed E-state index contributed by atoms with van der Waals surface area (Å²) in [6.07, 6.45) is -4.77. The number of rotatable bonds is 0. The molecule has 3 rings (SSSR count). The minimum atomic E-state index is -4.77. The van der Waals surface area contributed by atoms with Gasteiger partial charge in [-0.25, -0.2) is 0 Å². The van der Waals surface area contributed by atoms with Crippen LogP contribution in [0.15, 0.2) is 24.3 Å². The Morgan fingerprint density at radius 3 is 2.05 bits per heavy atom. The van der Waals surface area contributed by atoms with Crippen molar-refractivity contribution in [2.45, 2.75) is 24.9 Å². The lowest BCUT2D eigenvalue weighted by Crippen LogP contribution is -2.48. The van der Waals surface area contributed by atoms with Crippen LogP contribution in [0.5, 0.6) is 0 Å². The lowest BCUT2D eigenvalue weighted by Gasteiger charge is -2.36. The molecule has 1 aromatic carbocycles. The van der Waals surface area contributed by atoms with Crippen molar-refractivity contribution in [2.75, 3.05) is 13.1 Å². The van der Waals surface area contributed by atoms with E-state index in [1.807, 2.05) is 24.3 Å². The van der Waals surface area contributed by atoms with Crippen molar-refractivity contribution < 1.29 is 18.0 Å². The zero-order valence-electron chi connectivity index (χ0n) is 10.4. The fraction of sp³-hybridized carbons (Fsp3) is 0.500. The first-order valence-corrected chi connectivity index (χ1v) is 6.34. The van der Waals surface area contributed by atoms with Gasteiger partial charge in [-0.1, -0.05) is 31.2 Å². The predicted octanol–water partition coefficient (Wildman–Crippen LogP) is 2.91. The van der Waals surface area contributed by atoms with E-state index in [1.165, 1.54) is 0 Å². The van der Waals surface area contributed by atoms with E-state index in [4.69, 9.17) is 0 Å². The minimum absolute atomic E-state index is 0.0289. The van der Waals surface area contributed by atoms with Gasteiger partial charge in [-0.05, 0) is 17.0 Å². The zero-order chi connectivity index (χ0) is 13.8. The van der Waals surface area contributed by atoms with Crippen molar-refractivity contribution in [3.05, 3.63) is 35.4 Å². The molecule has 1 saturated heterocycles. The number of halogens is 3. The maximum absolute atomic E-state index is 12.5. The first-order chi connectivity index (χ1) is 8.89. The molecule has 1 aliphatic carbocycles. The van der Waals surface area contributed by atoms with Gasteiger partial charge in [0.2, 0.25) is 0 Å². The van der Waals surface area contributed by atoms with Crippen molar-refractivity contribution in [1.82, 2.24) is 4.90 Å². The summed E-state index contributed by atoms with van der Waals surface area (Å²) < 4.78 is 37.6. The monoisotopic (exact) mass is 269 g/mol. The van der Waals surface area contributed by atoms with Crippen LogP contribution in [0.4, 0.5) is 13.2 Å². The Bertz CT molecular complexity index is 493. The molecule has 0 saturated carbocycles. The van der Waals surface area contributed by atoms with Crippen LogP contribution in [0.3, 0.4) is 0 Å². The molecule has 1 amide bonds. The summed E-state index contributed by atoms with van der Waals surface area (Å²) in [5, 5.41) is 0. The number of amides is 1. The molecule has 2 atom stereocenters. The molecule has 5 heteroatoms. The summed E-state index contributed by atoms with van der Waals surface area (Å²) in [5.74, 6) is -1.35. The van der Waals surface area contributed by atoms with Crippen molar-refractivity contribution >= 4 is 5.91 Å². The first kappa shape index (κ1) is 12.5. The van der Waals surface area contributed by atoms with Gasteiger partial charge in [-0.15, -0.1) is 0 Å². The van der Waals surface area contributed by atoms with Gasteiger partial charge >= 0.3 is 12.1 Å². The first-order valence-electron chi connectivity index (χ1n) is 6.34. The van der Waals surface area contributed by atoms with Gasteiger partial charge in [0.15, 0.2) is 0 Å². The minimum Gasteiger partial charge on any atom is -0.334 e. The highest BCUT2D eigenvalue weighted by atomic mass is 19.4. The molecule has 1 fully saturated rings. The summed E-state index contributed by atoms with van der Waals surface area (Å²) >= 11 is 0. The van der Waals surface area contributed by atoms with Gasteiger partial charge in [0.25, 0.3) is 0 Å². The highest BCUT2D eigenvalue weighted by Crippen LogP contribution is 2.50. The van der Waals surface area contributed by atoms with Gasteiger partial charge in [0, 0.05) is 24.9 Å². The normalized spacial score (nSPS) is 29.3. The molecule has 2 unspecified atom stereocenters. The quantitative estimate of drug-likeness (QED) is 0.709. The number of carbonyl (C=O) groups is 1. The highest BCUT2D eigenvalue weighted by molar-refractivity contribution is 5.82. The second-order valence-electron chi connectivity index (χ2n) is 5.41. The van der Waals surface area contributed by atoms with E-state index in [0.29, 0.717) is 5.92 Å². The molecule has 0 aromatic heterocycles. The number of likely N-dealkylation sites (tertiary alicyclic amines) is 1. The third-order valence-corrected chi connectivity index (χ3v) is 4.43. The topological polar surface area (TPSA) is 20.3 Å². The Balaban J connectivity index is 1.92. The number of carbonyl (C=O) groups excluding carboxylic acids is 1. The molecule has 0 spiro atoms. The Hall–Kier alpha value is -1.52. The number of alkyl halides is 3. The van der Waals surface area contributed by atoms with Gasteiger partial charge in [-0.3, -0.25) is 4.79 Å². The SMILES string of the molecule is CC1C2CN(C(=O)C(F)(F)F)CC1c1ccccc12. The van der Waals surface area contributed by atoms with Crippen LogP contribution in [0, 0.1) is 5.92 Å². The number of hydrogen-bond donors (Lipinski definition) is 0. The molecule has 102 valence electrons. The van der Waals surface area contributed by atoms with E-state index < -0.39 is 12.1 Å². The summed E-state index contributed by atoms with van der Waals surface area (Å²) in [4.78, 5) is 12.4. The Morgan fingerprint density at radius 2 is 1.63 bits per heavy atom. The maximum atomic E-state index is 12.5. The van der Waals surface area contributed by atoms with Gasteiger partial charge in [-0.2, -0.15) is 13.2 Å². The predicted molar refractivity (Wildman–Crippen MR) is 63.7 cm³/mol. The van der Waals surface area contributed by atoms with Crippen molar-refractivity contribution in [3.8, 4) is 0 Å². The number of piperidine rings is 1. The number of fused-ring (bicyclic) bond motifs is 5. The molecule has 19 heavy (non-hydrogen) atoms.